The number of carboxylic acid groups (broad SMARTS) is 1. The lowest BCUT2D eigenvalue weighted by atomic mass is 10.1. The van der Waals surface area contributed by atoms with E-state index in [0.29, 0.717) is 5.52 Å². The summed E-state index contributed by atoms with van der Waals surface area (Å²) >= 11 is 1.46. The van der Waals surface area contributed by atoms with E-state index in [0.717, 1.165) is 9.71 Å². The monoisotopic (exact) mass is 265 g/mol. The third-order valence-corrected chi connectivity index (χ3v) is 4.85. The fourth-order valence-electron chi connectivity index (χ4n) is 2.61. The van der Waals surface area contributed by atoms with Crippen LogP contribution < -0.4 is 0 Å². The van der Waals surface area contributed by atoms with Gasteiger partial charge in [-0.3, -0.25) is 4.79 Å². The molecule has 0 aliphatic heterocycles. The van der Waals surface area contributed by atoms with E-state index in [2.05, 4.69) is 4.98 Å². The highest BCUT2D eigenvalue weighted by atomic mass is 32.1. The van der Waals surface area contributed by atoms with Gasteiger partial charge in [-0.05, 0) is 17.5 Å². The van der Waals surface area contributed by atoms with Gasteiger partial charge in [0, 0.05) is 12.0 Å². The van der Waals surface area contributed by atoms with Crippen LogP contribution in [0, 0.1) is 17.2 Å². The first-order valence-electron chi connectivity index (χ1n) is 5.70. The number of aromatic nitrogens is 1. The van der Waals surface area contributed by atoms with Crippen molar-refractivity contribution in [1.29, 1.82) is 0 Å². The summed E-state index contributed by atoms with van der Waals surface area (Å²) in [6.07, 6.45) is 0. The summed E-state index contributed by atoms with van der Waals surface area (Å²) in [6.45, 7) is 3.87. The average Bonchev–Trinajstić information content (AvgIpc) is 2.66. The number of rotatable bonds is 2. The van der Waals surface area contributed by atoms with Gasteiger partial charge in [-0.1, -0.05) is 13.8 Å². The predicted molar refractivity (Wildman–Crippen MR) is 67.2 cm³/mol. The van der Waals surface area contributed by atoms with E-state index < -0.39 is 5.97 Å². The Balaban J connectivity index is 2.04. The molecule has 0 radical (unpaired) electrons. The molecule has 0 bridgehead atoms. The molecular formula is C13H12FNO2S. The summed E-state index contributed by atoms with van der Waals surface area (Å²) in [5.41, 5.74) is 0.347. The second-order valence-corrected chi connectivity index (χ2v) is 6.34. The molecule has 1 N–H and O–H groups in total. The maximum absolute atomic E-state index is 13.1. The molecule has 1 aliphatic rings. The number of fused-ring (bicyclic) bond motifs is 1. The van der Waals surface area contributed by atoms with Crippen molar-refractivity contribution < 1.29 is 14.3 Å². The number of benzene rings is 1. The van der Waals surface area contributed by atoms with Crippen LogP contribution in [0.3, 0.4) is 0 Å². The molecule has 0 amide bonds. The quantitative estimate of drug-likeness (QED) is 0.906. The van der Waals surface area contributed by atoms with Crippen LogP contribution in [0.25, 0.3) is 10.2 Å². The number of hydrogen-bond acceptors (Lipinski definition) is 3. The predicted octanol–water partition coefficient (Wildman–Crippen LogP) is 3.26. The molecule has 3 rings (SSSR count). The molecule has 1 saturated carbocycles. The largest absolute Gasteiger partial charge is 0.481 e. The van der Waals surface area contributed by atoms with E-state index >= 15 is 0 Å². The standard InChI is InChI=1S/C13H12FNO2S/c1-13(2)9(10(13)12(16)17)11-15-7-5-6(14)3-4-8(7)18-11/h3-5,9-10H,1-2H3,(H,16,17). The Hall–Kier alpha value is -1.49. The van der Waals surface area contributed by atoms with Gasteiger partial charge < -0.3 is 5.11 Å². The highest BCUT2D eigenvalue weighted by Gasteiger charge is 2.64. The van der Waals surface area contributed by atoms with E-state index in [1.54, 1.807) is 6.07 Å². The summed E-state index contributed by atoms with van der Waals surface area (Å²) in [5.74, 6) is -1.54. The van der Waals surface area contributed by atoms with Gasteiger partial charge >= 0.3 is 5.97 Å². The van der Waals surface area contributed by atoms with Crippen LogP contribution in [0.1, 0.15) is 24.8 Å². The summed E-state index contributed by atoms with van der Waals surface area (Å²) < 4.78 is 14.0. The van der Waals surface area contributed by atoms with Gasteiger partial charge in [0.2, 0.25) is 0 Å². The highest BCUT2D eigenvalue weighted by molar-refractivity contribution is 7.18. The van der Waals surface area contributed by atoms with Crippen molar-refractivity contribution in [1.82, 2.24) is 4.98 Å². The van der Waals surface area contributed by atoms with Crippen molar-refractivity contribution in [3.63, 3.8) is 0 Å². The first kappa shape index (κ1) is 11.6. The van der Waals surface area contributed by atoms with Crippen LogP contribution in [0.2, 0.25) is 0 Å². The Morgan fingerprint density at radius 1 is 1.50 bits per heavy atom. The second kappa shape index (κ2) is 3.51. The average molecular weight is 265 g/mol. The van der Waals surface area contributed by atoms with Gasteiger partial charge in [0.1, 0.15) is 5.82 Å². The molecule has 1 aromatic carbocycles. The Morgan fingerprint density at radius 2 is 2.22 bits per heavy atom. The lowest BCUT2D eigenvalue weighted by Gasteiger charge is -1.97. The second-order valence-electron chi connectivity index (χ2n) is 5.28. The normalized spacial score (nSPS) is 25.3. The molecule has 2 unspecified atom stereocenters. The maximum atomic E-state index is 13.1. The molecule has 1 aromatic heterocycles. The van der Waals surface area contributed by atoms with Gasteiger partial charge in [-0.2, -0.15) is 0 Å². The van der Waals surface area contributed by atoms with Gasteiger partial charge in [0.15, 0.2) is 0 Å². The van der Waals surface area contributed by atoms with Crippen LogP contribution in [0.15, 0.2) is 18.2 Å². The zero-order chi connectivity index (χ0) is 13.1. The van der Waals surface area contributed by atoms with Gasteiger partial charge in [-0.15, -0.1) is 11.3 Å². The number of aliphatic carboxylic acids is 1. The number of halogens is 1. The molecule has 0 spiro atoms. The third kappa shape index (κ3) is 1.54. The molecule has 94 valence electrons. The Morgan fingerprint density at radius 3 is 2.83 bits per heavy atom. The van der Waals surface area contributed by atoms with E-state index in [9.17, 15) is 9.18 Å². The highest BCUT2D eigenvalue weighted by Crippen LogP contribution is 2.65. The van der Waals surface area contributed by atoms with Crippen molar-refractivity contribution in [2.24, 2.45) is 11.3 Å². The van der Waals surface area contributed by atoms with Crippen molar-refractivity contribution >= 4 is 27.5 Å². The summed E-state index contributed by atoms with van der Waals surface area (Å²) in [5, 5.41) is 9.96. The minimum Gasteiger partial charge on any atom is -0.481 e. The zero-order valence-corrected chi connectivity index (χ0v) is 10.8. The van der Waals surface area contributed by atoms with Crippen molar-refractivity contribution in [3.8, 4) is 0 Å². The number of carboxylic acids is 1. The molecule has 1 fully saturated rings. The SMILES string of the molecule is CC1(C)C(C(=O)O)C1c1nc2cc(F)ccc2s1. The van der Waals surface area contributed by atoms with Gasteiger partial charge in [0.25, 0.3) is 0 Å². The van der Waals surface area contributed by atoms with Crippen LogP contribution in [-0.4, -0.2) is 16.1 Å². The summed E-state index contributed by atoms with van der Waals surface area (Å²) in [7, 11) is 0. The number of thiazole rings is 1. The summed E-state index contributed by atoms with van der Waals surface area (Å²) in [6, 6.07) is 4.48. The van der Waals surface area contributed by atoms with E-state index in [4.69, 9.17) is 5.11 Å². The number of nitrogens with zero attached hydrogens (tertiary/aromatic N) is 1. The molecule has 1 aliphatic carbocycles. The Labute approximate surface area is 107 Å². The van der Waals surface area contributed by atoms with Gasteiger partial charge in [0.05, 0.1) is 21.1 Å². The van der Waals surface area contributed by atoms with Crippen molar-refractivity contribution in [3.05, 3.63) is 29.0 Å². The van der Waals surface area contributed by atoms with E-state index in [-0.39, 0.29) is 23.1 Å². The van der Waals surface area contributed by atoms with Crippen LogP contribution in [0.4, 0.5) is 4.39 Å². The minimum absolute atomic E-state index is 0.0598. The lowest BCUT2D eigenvalue weighted by Crippen LogP contribution is -2.03. The Bertz CT molecular complexity index is 649. The molecule has 5 heteroatoms. The lowest BCUT2D eigenvalue weighted by molar-refractivity contribution is -0.139. The first-order chi connectivity index (χ1) is 8.41. The van der Waals surface area contributed by atoms with Crippen molar-refractivity contribution in [2.75, 3.05) is 0 Å². The molecule has 18 heavy (non-hydrogen) atoms. The fourth-order valence-corrected chi connectivity index (χ4v) is 3.89. The topological polar surface area (TPSA) is 50.2 Å². The van der Waals surface area contributed by atoms with Crippen LogP contribution >= 0.6 is 11.3 Å². The number of carbonyl (C=O) groups is 1. The van der Waals surface area contributed by atoms with Crippen LogP contribution in [0.5, 0.6) is 0 Å². The van der Waals surface area contributed by atoms with Crippen molar-refractivity contribution in [2.45, 2.75) is 19.8 Å². The smallest absolute Gasteiger partial charge is 0.307 e. The molecule has 0 saturated heterocycles. The zero-order valence-electron chi connectivity index (χ0n) is 9.98. The Kier molecular flexibility index (Phi) is 2.26. The maximum Gasteiger partial charge on any atom is 0.307 e. The fraction of sp³-hybridized carbons (Fsp3) is 0.385. The first-order valence-corrected chi connectivity index (χ1v) is 6.51. The van der Waals surface area contributed by atoms with E-state index in [1.807, 2.05) is 13.8 Å². The summed E-state index contributed by atoms with van der Waals surface area (Å²) in [4.78, 5) is 15.5. The van der Waals surface area contributed by atoms with Gasteiger partial charge in [-0.25, -0.2) is 9.37 Å². The molecule has 2 atom stereocenters. The molecule has 3 nitrogen and oxygen atoms in total. The molecular weight excluding hydrogens is 253 g/mol. The molecule has 1 heterocycles. The van der Waals surface area contributed by atoms with Crippen LogP contribution in [-0.2, 0) is 4.79 Å². The third-order valence-electron chi connectivity index (χ3n) is 3.73. The van der Waals surface area contributed by atoms with E-state index in [1.165, 1.54) is 23.5 Å². The molecule has 2 aromatic rings. The minimum atomic E-state index is -0.782. The number of hydrogen-bond donors (Lipinski definition) is 1.